The molecule has 3 N–H and O–H groups in total. The van der Waals surface area contributed by atoms with Crippen LogP contribution in [-0.4, -0.2) is 28.5 Å². The van der Waals surface area contributed by atoms with Crippen LogP contribution in [0.2, 0.25) is 0 Å². The highest BCUT2D eigenvalue weighted by molar-refractivity contribution is 5.15. The first-order chi connectivity index (χ1) is 9.42. The largest absolute Gasteiger partial charge is 0.396 e. The van der Waals surface area contributed by atoms with Crippen LogP contribution in [0.15, 0.2) is 0 Å². The summed E-state index contributed by atoms with van der Waals surface area (Å²) in [5, 5.41) is 9.20. The van der Waals surface area contributed by atoms with Crippen LogP contribution in [0.1, 0.15) is 71.6 Å². The minimum absolute atomic E-state index is 0.0267. The van der Waals surface area contributed by atoms with E-state index < -0.39 is 0 Å². The fourth-order valence-electron chi connectivity index (χ4n) is 5.72. The number of aliphatic hydroxyl groups excluding tert-OH is 1. The first kappa shape index (κ1) is 14.8. The van der Waals surface area contributed by atoms with E-state index in [1.165, 1.54) is 38.5 Å². The van der Waals surface area contributed by atoms with Gasteiger partial charge in [-0.05, 0) is 64.7 Å². The maximum atomic E-state index is 9.20. The van der Waals surface area contributed by atoms with Gasteiger partial charge in [0.2, 0.25) is 0 Å². The highest BCUT2D eigenvalue weighted by Gasteiger charge is 2.62. The zero-order valence-electron chi connectivity index (χ0n) is 13.2. The van der Waals surface area contributed by atoms with Gasteiger partial charge in [0, 0.05) is 18.1 Å². The quantitative estimate of drug-likeness (QED) is 0.833. The van der Waals surface area contributed by atoms with E-state index in [2.05, 4.69) is 13.8 Å². The number of rotatable bonds is 4. The zero-order chi connectivity index (χ0) is 14.4. The van der Waals surface area contributed by atoms with Crippen molar-refractivity contribution in [3.05, 3.63) is 0 Å². The smallest absolute Gasteiger partial charge is 0.0735 e. The molecule has 4 aliphatic rings. The van der Waals surface area contributed by atoms with Crippen LogP contribution < -0.4 is 5.73 Å². The van der Waals surface area contributed by atoms with Crippen LogP contribution in [0.3, 0.4) is 0 Å². The molecule has 4 rings (SSSR count). The summed E-state index contributed by atoms with van der Waals surface area (Å²) in [6, 6.07) is 0. The number of hydrogen-bond donors (Lipinski definition) is 2. The van der Waals surface area contributed by atoms with Crippen molar-refractivity contribution in [1.29, 1.82) is 0 Å². The molecule has 0 unspecified atom stereocenters. The Kier molecular flexibility index (Phi) is 3.67. The normalized spacial score (nSPS) is 44.1. The molecule has 3 atom stereocenters. The molecule has 2 aliphatic carbocycles. The van der Waals surface area contributed by atoms with E-state index in [9.17, 15) is 5.11 Å². The molecule has 3 nitrogen and oxygen atoms in total. The lowest BCUT2D eigenvalue weighted by molar-refractivity contribution is -0.282. The van der Waals surface area contributed by atoms with Gasteiger partial charge in [0.15, 0.2) is 0 Å². The van der Waals surface area contributed by atoms with Gasteiger partial charge in [-0.25, -0.2) is 0 Å². The van der Waals surface area contributed by atoms with Gasteiger partial charge in [-0.3, -0.25) is 0 Å². The summed E-state index contributed by atoms with van der Waals surface area (Å²) in [5.74, 6) is 1.14. The molecule has 0 aromatic rings. The zero-order valence-corrected chi connectivity index (χ0v) is 13.2. The van der Waals surface area contributed by atoms with Gasteiger partial charge in [0.1, 0.15) is 0 Å². The van der Waals surface area contributed by atoms with E-state index in [0.717, 1.165) is 19.3 Å². The third-order valence-corrected chi connectivity index (χ3v) is 6.38. The first-order valence-electron chi connectivity index (χ1n) is 8.52. The number of aliphatic hydroxyl groups is 1. The van der Waals surface area contributed by atoms with Gasteiger partial charge in [-0.15, -0.1) is 0 Å². The average Bonchev–Trinajstić information content (AvgIpc) is 2.89. The van der Waals surface area contributed by atoms with Gasteiger partial charge < -0.3 is 15.6 Å². The van der Waals surface area contributed by atoms with Crippen LogP contribution in [0, 0.1) is 11.8 Å². The highest BCUT2D eigenvalue weighted by atomic mass is 16.5. The molecule has 2 saturated carbocycles. The van der Waals surface area contributed by atoms with Gasteiger partial charge >= 0.3 is 0 Å². The monoisotopic (exact) mass is 281 g/mol. The number of nitrogens with two attached hydrogens (primary N) is 1. The second-order valence-corrected chi connectivity index (χ2v) is 8.08. The Hall–Kier alpha value is -0.120. The third kappa shape index (κ3) is 2.22. The van der Waals surface area contributed by atoms with E-state index in [4.69, 9.17) is 10.5 Å². The summed E-state index contributed by atoms with van der Waals surface area (Å²) >= 11 is 0. The third-order valence-electron chi connectivity index (χ3n) is 6.38. The van der Waals surface area contributed by atoms with Crippen LogP contribution >= 0.6 is 0 Å². The van der Waals surface area contributed by atoms with Gasteiger partial charge in [-0.1, -0.05) is 12.8 Å². The van der Waals surface area contributed by atoms with E-state index in [-0.39, 0.29) is 23.3 Å². The van der Waals surface area contributed by atoms with Crippen molar-refractivity contribution >= 4 is 0 Å². The molecule has 116 valence electrons. The van der Waals surface area contributed by atoms with E-state index in [1.807, 2.05) is 0 Å². The molecule has 0 aromatic heterocycles. The average molecular weight is 281 g/mol. The van der Waals surface area contributed by atoms with Crippen molar-refractivity contribution in [2.24, 2.45) is 17.6 Å². The molecule has 2 saturated heterocycles. The Morgan fingerprint density at radius 3 is 2.50 bits per heavy atom. The molecule has 0 amide bonds. The van der Waals surface area contributed by atoms with E-state index in [1.54, 1.807) is 0 Å². The van der Waals surface area contributed by atoms with Crippen molar-refractivity contribution in [3.8, 4) is 0 Å². The molecular weight excluding hydrogens is 250 g/mol. The predicted octanol–water partition coefficient (Wildman–Crippen LogP) is 2.99. The SMILES string of the molecule is CC1(C)O[C@@]2(C3CCCC3)CC[C@@H]1[C@@](N)(CCCO)C2. The maximum absolute atomic E-state index is 9.20. The molecule has 0 radical (unpaired) electrons. The van der Waals surface area contributed by atoms with Crippen molar-refractivity contribution in [3.63, 3.8) is 0 Å². The molecule has 0 aromatic carbocycles. The van der Waals surface area contributed by atoms with E-state index in [0.29, 0.717) is 11.8 Å². The summed E-state index contributed by atoms with van der Waals surface area (Å²) in [7, 11) is 0. The second kappa shape index (κ2) is 4.96. The predicted molar refractivity (Wildman–Crippen MR) is 80.4 cm³/mol. The topological polar surface area (TPSA) is 55.5 Å². The fourth-order valence-corrected chi connectivity index (χ4v) is 5.72. The lowest BCUT2D eigenvalue weighted by atomic mass is 9.54. The second-order valence-electron chi connectivity index (χ2n) is 8.08. The molecule has 3 heteroatoms. The summed E-state index contributed by atoms with van der Waals surface area (Å²) in [6.07, 6.45) is 10.5. The lowest BCUT2D eigenvalue weighted by Gasteiger charge is -2.64. The molecule has 2 heterocycles. The number of fused-ring (bicyclic) bond motifs is 3. The van der Waals surface area contributed by atoms with Crippen LogP contribution in [0.4, 0.5) is 0 Å². The minimum atomic E-state index is -0.134. The Morgan fingerprint density at radius 2 is 1.90 bits per heavy atom. The van der Waals surface area contributed by atoms with Crippen molar-refractivity contribution in [2.75, 3.05) is 6.61 Å². The summed E-state index contributed by atoms with van der Waals surface area (Å²) in [4.78, 5) is 0. The van der Waals surface area contributed by atoms with Crippen LogP contribution in [0.5, 0.6) is 0 Å². The molecule has 2 aliphatic heterocycles. The van der Waals surface area contributed by atoms with Crippen molar-refractivity contribution in [1.82, 2.24) is 0 Å². The standard InChI is InChI=1S/C17H31NO2/c1-15(2)14-8-10-17(20-15,13-6-3-4-7-13)12-16(14,18)9-5-11-19/h13-14,19H,3-12,18H2,1-2H3/t14-,16+,17-/m0/s1. The summed E-state index contributed by atoms with van der Waals surface area (Å²) < 4.78 is 6.68. The van der Waals surface area contributed by atoms with Gasteiger partial charge in [0.25, 0.3) is 0 Å². The molecule has 2 bridgehead atoms. The Balaban J connectivity index is 1.88. The Labute approximate surface area is 123 Å². The van der Waals surface area contributed by atoms with Gasteiger partial charge in [-0.2, -0.15) is 0 Å². The van der Waals surface area contributed by atoms with Crippen LogP contribution in [-0.2, 0) is 4.74 Å². The van der Waals surface area contributed by atoms with Crippen molar-refractivity contribution in [2.45, 2.75) is 88.4 Å². The van der Waals surface area contributed by atoms with Crippen LogP contribution in [0.25, 0.3) is 0 Å². The molecule has 4 fully saturated rings. The Bertz CT molecular complexity index is 364. The Morgan fingerprint density at radius 1 is 1.20 bits per heavy atom. The first-order valence-corrected chi connectivity index (χ1v) is 8.52. The van der Waals surface area contributed by atoms with E-state index >= 15 is 0 Å². The number of hydrogen-bond acceptors (Lipinski definition) is 3. The summed E-state index contributed by atoms with van der Waals surface area (Å²) in [5.41, 5.74) is 6.65. The highest BCUT2D eigenvalue weighted by Crippen LogP contribution is 2.59. The summed E-state index contributed by atoms with van der Waals surface area (Å²) in [6.45, 7) is 4.73. The number of ether oxygens (including phenoxy) is 1. The maximum Gasteiger partial charge on any atom is 0.0735 e. The molecular formula is C17H31NO2. The fraction of sp³-hybridized carbons (Fsp3) is 1.00. The lowest BCUT2D eigenvalue weighted by Crippen LogP contribution is -2.71. The molecule has 0 spiro atoms. The van der Waals surface area contributed by atoms with Gasteiger partial charge in [0.05, 0.1) is 11.2 Å². The minimum Gasteiger partial charge on any atom is -0.396 e. The molecule has 20 heavy (non-hydrogen) atoms. The van der Waals surface area contributed by atoms with Crippen molar-refractivity contribution < 1.29 is 9.84 Å².